The number of hydrogen-bond acceptors (Lipinski definition) is 5. The van der Waals surface area contributed by atoms with E-state index in [1.807, 2.05) is 0 Å². The molecule has 0 unspecified atom stereocenters. The Balaban J connectivity index is 0.00000242. The first-order chi connectivity index (χ1) is 10.1. The number of halogens is 1. The minimum absolute atomic E-state index is 0. The average Bonchev–Trinajstić information content (AvgIpc) is 2.48. The SMILES string of the molecule is Cl.O=C(Cc1cccc([N+](=O)[O-])c1)NCCN1CCNCC1. The van der Waals surface area contributed by atoms with Gasteiger partial charge in [-0.05, 0) is 5.56 Å². The average molecular weight is 329 g/mol. The highest BCUT2D eigenvalue weighted by molar-refractivity contribution is 5.85. The summed E-state index contributed by atoms with van der Waals surface area (Å²) in [6.07, 6.45) is 0.170. The Bertz CT molecular complexity index is 507. The predicted octanol–water partition coefficient (Wildman–Crippen LogP) is 0.580. The third-order valence-electron chi connectivity index (χ3n) is 3.45. The Morgan fingerprint density at radius 1 is 1.36 bits per heavy atom. The second kappa shape index (κ2) is 9.34. The lowest BCUT2D eigenvalue weighted by Crippen LogP contribution is -2.46. The standard InChI is InChI=1S/C14H20N4O3.ClH/c19-14(16-6-9-17-7-4-15-5-8-17)11-12-2-1-3-13(10-12)18(20)21;/h1-3,10,15H,4-9,11H2,(H,16,19);1H. The van der Waals surface area contributed by atoms with Gasteiger partial charge in [-0.25, -0.2) is 0 Å². The van der Waals surface area contributed by atoms with E-state index in [9.17, 15) is 14.9 Å². The molecule has 1 aromatic rings. The molecule has 0 saturated carbocycles. The van der Waals surface area contributed by atoms with Gasteiger partial charge in [0.1, 0.15) is 0 Å². The highest BCUT2D eigenvalue weighted by Crippen LogP contribution is 2.13. The van der Waals surface area contributed by atoms with E-state index in [1.54, 1.807) is 12.1 Å². The van der Waals surface area contributed by atoms with E-state index in [4.69, 9.17) is 0 Å². The molecule has 1 amide bonds. The van der Waals surface area contributed by atoms with Crippen LogP contribution in [-0.4, -0.2) is 55.0 Å². The molecule has 1 aliphatic heterocycles. The quantitative estimate of drug-likeness (QED) is 0.589. The zero-order valence-electron chi connectivity index (χ0n) is 12.3. The van der Waals surface area contributed by atoms with Crippen molar-refractivity contribution < 1.29 is 9.72 Å². The topological polar surface area (TPSA) is 87.5 Å². The molecule has 0 bridgehead atoms. The number of piperazine rings is 1. The van der Waals surface area contributed by atoms with Gasteiger partial charge in [-0.15, -0.1) is 12.4 Å². The van der Waals surface area contributed by atoms with Crippen LogP contribution in [0.5, 0.6) is 0 Å². The molecular weight excluding hydrogens is 308 g/mol. The van der Waals surface area contributed by atoms with Gasteiger partial charge in [0.15, 0.2) is 0 Å². The van der Waals surface area contributed by atoms with Crippen molar-refractivity contribution in [2.24, 2.45) is 0 Å². The lowest BCUT2D eigenvalue weighted by Gasteiger charge is -2.27. The van der Waals surface area contributed by atoms with E-state index in [-0.39, 0.29) is 30.4 Å². The molecule has 8 heteroatoms. The summed E-state index contributed by atoms with van der Waals surface area (Å²) >= 11 is 0. The molecule has 1 fully saturated rings. The summed E-state index contributed by atoms with van der Waals surface area (Å²) < 4.78 is 0. The van der Waals surface area contributed by atoms with E-state index in [1.165, 1.54) is 12.1 Å². The van der Waals surface area contributed by atoms with E-state index >= 15 is 0 Å². The third kappa shape index (κ3) is 5.97. The number of non-ortho nitro benzene ring substituents is 1. The van der Waals surface area contributed by atoms with Gasteiger partial charge in [-0.2, -0.15) is 0 Å². The minimum Gasteiger partial charge on any atom is -0.355 e. The molecular formula is C14H21ClN4O3. The second-order valence-electron chi connectivity index (χ2n) is 5.05. The molecule has 0 spiro atoms. The monoisotopic (exact) mass is 328 g/mol. The molecule has 2 N–H and O–H groups in total. The molecule has 0 radical (unpaired) electrons. The van der Waals surface area contributed by atoms with Crippen molar-refractivity contribution in [2.45, 2.75) is 6.42 Å². The van der Waals surface area contributed by atoms with Crippen molar-refractivity contribution in [3.05, 3.63) is 39.9 Å². The van der Waals surface area contributed by atoms with Crippen molar-refractivity contribution in [1.82, 2.24) is 15.5 Å². The molecule has 7 nitrogen and oxygen atoms in total. The van der Waals surface area contributed by atoms with Crippen LogP contribution < -0.4 is 10.6 Å². The highest BCUT2D eigenvalue weighted by Gasteiger charge is 2.11. The maximum Gasteiger partial charge on any atom is 0.269 e. The Labute approximate surface area is 135 Å². The summed E-state index contributed by atoms with van der Waals surface area (Å²) in [4.78, 5) is 24.3. The molecule has 1 saturated heterocycles. The summed E-state index contributed by atoms with van der Waals surface area (Å²) in [7, 11) is 0. The van der Waals surface area contributed by atoms with Gasteiger partial charge < -0.3 is 10.6 Å². The predicted molar refractivity (Wildman–Crippen MR) is 86.4 cm³/mol. The van der Waals surface area contributed by atoms with Gasteiger partial charge in [-0.3, -0.25) is 19.8 Å². The molecule has 122 valence electrons. The Morgan fingerprint density at radius 3 is 2.77 bits per heavy atom. The van der Waals surface area contributed by atoms with Crippen molar-refractivity contribution in [3.8, 4) is 0 Å². The Morgan fingerprint density at radius 2 is 2.09 bits per heavy atom. The highest BCUT2D eigenvalue weighted by atomic mass is 35.5. The maximum absolute atomic E-state index is 11.8. The van der Waals surface area contributed by atoms with Crippen LogP contribution in [-0.2, 0) is 11.2 Å². The second-order valence-corrected chi connectivity index (χ2v) is 5.05. The van der Waals surface area contributed by atoms with Crippen LogP contribution in [0.2, 0.25) is 0 Å². The molecule has 1 aromatic carbocycles. The summed E-state index contributed by atoms with van der Waals surface area (Å²) in [5.74, 6) is -0.106. The van der Waals surface area contributed by atoms with Crippen LogP contribution in [0.1, 0.15) is 5.56 Å². The molecule has 0 atom stereocenters. The van der Waals surface area contributed by atoms with Crippen molar-refractivity contribution in [1.29, 1.82) is 0 Å². The number of nitrogens with zero attached hydrogens (tertiary/aromatic N) is 2. The minimum atomic E-state index is -0.453. The molecule has 0 aromatic heterocycles. The van der Waals surface area contributed by atoms with Gasteiger partial charge in [0.2, 0.25) is 5.91 Å². The number of nitrogens with one attached hydrogen (secondary N) is 2. The van der Waals surface area contributed by atoms with Crippen molar-refractivity contribution >= 4 is 24.0 Å². The normalized spacial score (nSPS) is 14.9. The fraction of sp³-hybridized carbons (Fsp3) is 0.500. The molecule has 0 aliphatic carbocycles. The number of amides is 1. The van der Waals surface area contributed by atoms with Crippen LogP contribution in [0, 0.1) is 10.1 Å². The number of carbonyl (C=O) groups excluding carboxylic acids is 1. The summed E-state index contributed by atoms with van der Waals surface area (Å²) in [5.41, 5.74) is 0.671. The van der Waals surface area contributed by atoms with Gasteiger partial charge in [0.05, 0.1) is 11.3 Å². The lowest BCUT2D eigenvalue weighted by atomic mass is 10.1. The van der Waals surface area contributed by atoms with Crippen LogP contribution in [0.15, 0.2) is 24.3 Å². The number of carbonyl (C=O) groups is 1. The number of rotatable bonds is 6. The van der Waals surface area contributed by atoms with Crippen LogP contribution in [0.25, 0.3) is 0 Å². The van der Waals surface area contributed by atoms with Gasteiger partial charge in [-0.1, -0.05) is 12.1 Å². The van der Waals surface area contributed by atoms with Gasteiger partial charge in [0.25, 0.3) is 5.69 Å². The number of nitro groups is 1. The zero-order valence-corrected chi connectivity index (χ0v) is 13.1. The van der Waals surface area contributed by atoms with Crippen LogP contribution >= 0.6 is 12.4 Å². The van der Waals surface area contributed by atoms with Crippen molar-refractivity contribution in [3.63, 3.8) is 0 Å². The molecule has 2 rings (SSSR count). The first-order valence-electron chi connectivity index (χ1n) is 7.08. The number of benzene rings is 1. The Kier molecular flexibility index (Phi) is 7.79. The fourth-order valence-electron chi connectivity index (χ4n) is 2.32. The van der Waals surface area contributed by atoms with E-state index in [0.717, 1.165) is 32.7 Å². The molecule has 1 aliphatic rings. The first kappa shape index (κ1) is 18.3. The Hall–Kier alpha value is -1.70. The first-order valence-corrected chi connectivity index (χ1v) is 7.08. The molecule has 1 heterocycles. The van der Waals surface area contributed by atoms with E-state index in [0.29, 0.717) is 12.1 Å². The third-order valence-corrected chi connectivity index (χ3v) is 3.45. The van der Waals surface area contributed by atoms with Gasteiger partial charge in [0, 0.05) is 51.4 Å². The number of hydrogen-bond donors (Lipinski definition) is 2. The van der Waals surface area contributed by atoms with Gasteiger partial charge >= 0.3 is 0 Å². The summed E-state index contributed by atoms with van der Waals surface area (Å²) in [5, 5.41) is 16.8. The lowest BCUT2D eigenvalue weighted by molar-refractivity contribution is -0.384. The van der Waals surface area contributed by atoms with Crippen LogP contribution in [0.4, 0.5) is 5.69 Å². The summed E-state index contributed by atoms with van der Waals surface area (Å²) in [6, 6.07) is 6.19. The maximum atomic E-state index is 11.8. The largest absolute Gasteiger partial charge is 0.355 e. The smallest absolute Gasteiger partial charge is 0.269 e. The number of nitro benzene ring substituents is 1. The summed E-state index contributed by atoms with van der Waals surface area (Å²) in [6.45, 7) is 5.42. The van der Waals surface area contributed by atoms with E-state index in [2.05, 4.69) is 15.5 Å². The van der Waals surface area contributed by atoms with Crippen LogP contribution in [0.3, 0.4) is 0 Å². The fourth-order valence-corrected chi connectivity index (χ4v) is 2.32. The zero-order chi connectivity index (χ0) is 15.1. The van der Waals surface area contributed by atoms with Crippen molar-refractivity contribution in [2.75, 3.05) is 39.3 Å². The van der Waals surface area contributed by atoms with E-state index < -0.39 is 4.92 Å². The molecule has 22 heavy (non-hydrogen) atoms.